The van der Waals surface area contributed by atoms with E-state index in [0.29, 0.717) is 0 Å². The summed E-state index contributed by atoms with van der Waals surface area (Å²) in [5.41, 5.74) is 7.85. The van der Waals surface area contributed by atoms with E-state index in [1.165, 1.54) is 6.07 Å². The number of nitrogens with zero attached hydrogens (tertiary/aromatic N) is 2. The molecule has 1 atom stereocenters. The molecule has 0 bridgehead atoms. The second kappa shape index (κ2) is 3.76. The SMILES string of the molecule is C[C@]1(c2nc(N)ccc2F)N=C(N)OCC1(F)F. The molecule has 0 radical (unpaired) electrons. The third kappa shape index (κ3) is 1.73. The van der Waals surface area contributed by atoms with Gasteiger partial charge in [-0.15, -0.1) is 0 Å². The smallest absolute Gasteiger partial charge is 0.311 e. The summed E-state index contributed by atoms with van der Waals surface area (Å²) in [5.74, 6) is -4.45. The Hall–Kier alpha value is -1.99. The number of nitrogen functional groups attached to an aromatic ring is 1. The highest BCUT2D eigenvalue weighted by Crippen LogP contribution is 2.43. The molecule has 18 heavy (non-hydrogen) atoms. The molecule has 0 saturated carbocycles. The van der Waals surface area contributed by atoms with Crippen molar-refractivity contribution in [3.05, 3.63) is 23.6 Å². The lowest BCUT2D eigenvalue weighted by atomic mass is 9.89. The third-order valence-corrected chi connectivity index (χ3v) is 2.78. The Morgan fingerprint density at radius 3 is 2.67 bits per heavy atom. The van der Waals surface area contributed by atoms with E-state index in [1.54, 1.807) is 0 Å². The summed E-state index contributed by atoms with van der Waals surface area (Å²) in [7, 11) is 0. The highest BCUT2D eigenvalue weighted by Gasteiger charge is 2.57. The maximum Gasteiger partial charge on any atom is 0.311 e. The summed E-state index contributed by atoms with van der Waals surface area (Å²) in [4.78, 5) is 7.11. The Morgan fingerprint density at radius 2 is 2.00 bits per heavy atom. The minimum Gasteiger partial charge on any atom is -0.459 e. The van der Waals surface area contributed by atoms with Crippen LogP contribution in [-0.4, -0.2) is 23.5 Å². The second-order valence-electron chi connectivity index (χ2n) is 4.08. The van der Waals surface area contributed by atoms with E-state index in [9.17, 15) is 13.2 Å². The van der Waals surface area contributed by atoms with Gasteiger partial charge in [-0.25, -0.2) is 14.4 Å². The molecule has 1 aliphatic rings. The fourth-order valence-electron chi connectivity index (χ4n) is 1.66. The van der Waals surface area contributed by atoms with Crippen LogP contribution in [0.3, 0.4) is 0 Å². The summed E-state index contributed by atoms with van der Waals surface area (Å²) < 4.78 is 45.9. The number of ether oxygens (including phenoxy) is 1. The van der Waals surface area contributed by atoms with E-state index in [-0.39, 0.29) is 5.82 Å². The number of aromatic nitrogens is 1. The largest absolute Gasteiger partial charge is 0.459 e. The summed E-state index contributed by atoms with van der Waals surface area (Å²) in [6, 6.07) is 1.69. The number of rotatable bonds is 1. The second-order valence-corrected chi connectivity index (χ2v) is 4.08. The zero-order chi connectivity index (χ0) is 13.6. The Morgan fingerprint density at radius 1 is 1.33 bits per heavy atom. The minimum atomic E-state index is -3.45. The fraction of sp³-hybridized carbons (Fsp3) is 0.400. The molecule has 4 N–H and O–H groups in total. The molecular weight excluding hydrogens is 249 g/mol. The summed E-state index contributed by atoms with van der Waals surface area (Å²) in [6.45, 7) is 0.0436. The van der Waals surface area contributed by atoms with E-state index in [0.717, 1.165) is 13.0 Å². The van der Waals surface area contributed by atoms with Gasteiger partial charge in [-0.2, -0.15) is 8.78 Å². The van der Waals surface area contributed by atoms with Gasteiger partial charge in [-0.1, -0.05) is 0 Å². The van der Waals surface area contributed by atoms with E-state index in [1.807, 2.05) is 0 Å². The van der Waals surface area contributed by atoms with Crippen LogP contribution in [0.25, 0.3) is 0 Å². The van der Waals surface area contributed by atoms with Crippen molar-refractivity contribution in [2.45, 2.75) is 18.4 Å². The first-order valence-corrected chi connectivity index (χ1v) is 5.05. The van der Waals surface area contributed by atoms with Gasteiger partial charge in [0.1, 0.15) is 17.3 Å². The number of pyridine rings is 1. The van der Waals surface area contributed by atoms with Crippen LogP contribution in [0.1, 0.15) is 12.6 Å². The maximum absolute atomic E-state index is 13.9. The first-order chi connectivity index (χ1) is 8.26. The first kappa shape index (κ1) is 12.5. The van der Waals surface area contributed by atoms with Crippen LogP contribution < -0.4 is 11.5 Å². The minimum absolute atomic E-state index is 0.0799. The van der Waals surface area contributed by atoms with Crippen LogP contribution in [0.4, 0.5) is 19.0 Å². The van der Waals surface area contributed by atoms with Crippen molar-refractivity contribution in [2.24, 2.45) is 10.7 Å². The quantitative estimate of drug-likeness (QED) is 0.788. The van der Waals surface area contributed by atoms with E-state index >= 15 is 0 Å². The van der Waals surface area contributed by atoms with Crippen molar-refractivity contribution in [1.82, 2.24) is 4.98 Å². The zero-order valence-corrected chi connectivity index (χ0v) is 9.45. The van der Waals surface area contributed by atoms with Crippen LogP contribution in [0.5, 0.6) is 0 Å². The maximum atomic E-state index is 13.9. The van der Waals surface area contributed by atoms with Crippen LogP contribution in [0, 0.1) is 5.82 Å². The Balaban J connectivity index is 2.65. The van der Waals surface area contributed by atoms with Gasteiger partial charge in [0.25, 0.3) is 6.02 Å². The van der Waals surface area contributed by atoms with Gasteiger partial charge in [0.05, 0.1) is 0 Å². The number of hydrogen-bond acceptors (Lipinski definition) is 5. The number of nitrogens with two attached hydrogens (primary N) is 2. The van der Waals surface area contributed by atoms with Crippen molar-refractivity contribution < 1.29 is 17.9 Å². The molecule has 0 aliphatic carbocycles. The van der Waals surface area contributed by atoms with E-state index in [4.69, 9.17) is 11.5 Å². The normalized spacial score (nSPS) is 26.3. The third-order valence-electron chi connectivity index (χ3n) is 2.78. The summed E-state index contributed by atoms with van der Waals surface area (Å²) in [6.07, 6.45) is 0. The average Bonchev–Trinajstić information content (AvgIpc) is 2.28. The predicted octanol–water partition coefficient (Wildman–Crippen LogP) is 0.998. The Bertz CT molecular complexity index is 520. The standard InChI is InChI=1S/C10H11F3N4O/c1-9(7-5(11)2-3-6(14)16-7)10(12,13)4-18-8(15)17-9/h2-3H,4H2,1H3,(H2,14,16)(H2,15,17)/t9-/m1/s1. The van der Waals surface area contributed by atoms with E-state index in [2.05, 4.69) is 14.7 Å². The van der Waals surface area contributed by atoms with Gasteiger partial charge in [0, 0.05) is 0 Å². The predicted molar refractivity (Wildman–Crippen MR) is 58.5 cm³/mol. The Kier molecular flexibility index (Phi) is 2.60. The van der Waals surface area contributed by atoms with Gasteiger partial charge >= 0.3 is 5.92 Å². The van der Waals surface area contributed by atoms with Crippen molar-refractivity contribution >= 4 is 11.8 Å². The molecule has 0 saturated heterocycles. The van der Waals surface area contributed by atoms with Crippen LogP contribution in [0.2, 0.25) is 0 Å². The van der Waals surface area contributed by atoms with Crippen LogP contribution in [-0.2, 0) is 10.3 Å². The van der Waals surface area contributed by atoms with Gasteiger partial charge in [-0.05, 0) is 19.1 Å². The molecule has 8 heteroatoms. The zero-order valence-electron chi connectivity index (χ0n) is 9.45. The lowest BCUT2D eigenvalue weighted by molar-refractivity contribution is -0.118. The van der Waals surface area contributed by atoms with Gasteiger partial charge in [-0.3, -0.25) is 0 Å². The van der Waals surface area contributed by atoms with E-state index < -0.39 is 35.6 Å². The average molecular weight is 260 g/mol. The Labute approximate surface area is 101 Å². The van der Waals surface area contributed by atoms with Gasteiger partial charge in [0.15, 0.2) is 12.1 Å². The van der Waals surface area contributed by atoms with Gasteiger partial charge < -0.3 is 16.2 Å². The lowest BCUT2D eigenvalue weighted by Crippen LogP contribution is -2.51. The molecule has 1 aromatic heterocycles. The molecule has 0 spiro atoms. The van der Waals surface area contributed by atoms with Crippen molar-refractivity contribution in [3.8, 4) is 0 Å². The molecule has 1 aromatic rings. The van der Waals surface area contributed by atoms with Gasteiger partial charge in [0.2, 0.25) is 0 Å². The van der Waals surface area contributed by atoms with Crippen molar-refractivity contribution in [1.29, 1.82) is 0 Å². The number of amidine groups is 1. The number of hydrogen-bond donors (Lipinski definition) is 2. The first-order valence-electron chi connectivity index (χ1n) is 5.05. The molecule has 98 valence electrons. The highest BCUT2D eigenvalue weighted by molar-refractivity contribution is 5.73. The molecule has 5 nitrogen and oxygen atoms in total. The molecule has 0 amide bonds. The topological polar surface area (TPSA) is 86.5 Å². The van der Waals surface area contributed by atoms with Crippen molar-refractivity contribution in [3.63, 3.8) is 0 Å². The molecule has 2 heterocycles. The van der Waals surface area contributed by atoms with Crippen molar-refractivity contribution in [2.75, 3.05) is 12.3 Å². The molecular formula is C10H11F3N4O. The molecule has 0 unspecified atom stereocenters. The van der Waals surface area contributed by atoms with Crippen LogP contribution in [0.15, 0.2) is 17.1 Å². The van der Waals surface area contributed by atoms with Crippen LogP contribution >= 0.6 is 0 Å². The fourth-order valence-corrected chi connectivity index (χ4v) is 1.66. The lowest BCUT2D eigenvalue weighted by Gasteiger charge is -2.36. The summed E-state index contributed by atoms with van der Waals surface area (Å²) in [5, 5.41) is 0. The number of aliphatic imine (C=N–C) groups is 1. The number of anilines is 1. The number of halogens is 3. The highest BCUT2D eigenvalue weighted by atomic mass is 19.3. The molecule has 1 aliphatic heterocycles. The summed E-state index contributed by atoms with van der Waals surface area (Å²) >= 11 is 0. The molecule has 0 fully saturated rings. The molecule has 0 aromatic carbocycles. The monoisotopic (exact) mass is 260 g/mol. The number of alkyl halides is 2. The molecule has 2 rings (SSSR count).